The Balaban J connectivity index is 0.000000858. The van der Waals surface area contributed by atoms with Crippen molar-refractivity contribution in [3.63, 3.8) is 0 Å². The molecule has 0 heterocycles. The maximum atomic E-state index is 6.07. The number of fused-ring (bicyclic) bond motifs is 2. The van der Waals surface area contributed by atoms with Crippen LogP contribution < -0.4 is 0 Å². The van der Waals surface area contributed by atoms with Crippen molar-refractivity contribution in [3.8, 4) is 0 Å². The number of hydrogen-bond donors (Lipinski definition) is 0. The van der Waals surface area contributed by atoms with Gasteiger partial charge in [0, 0.05) is 11.8 Å². The maximum absolute atomic E-state index is 6.07. The van der Waals surface area contributed by atoms with E-state index in [0.717, 1.165) is 12.8 Å². The summed E-state index contributed by atoms with van der Waals surface area (Å²) >= 11 is -0.826. The molecule has 0 radical (unpaired) electrons. The van der Waals surface area contributed by atoms with E-state index in [1.165, 1.54) is 22.3 Å². The average molecular weight is 550 g/mol. The number of halogens is 2. The summed E-state index contributed by atoms with van der Waals surface area (Å²) in [6, 6.07) is 17.7. The van der Waals surface area contributed by atoms with Gasteiger partial charge in [0.2, 0.25) is 0 Å². The summed E-state index contributed by atoms with van der Waals surface area (Å²) in [5, 5.41) is 0. The Bertz CT molecular complexity index is 873. The fraction of sp³-hybridized carbons (Fsp3) is 0.346. The van der Waals surface area contributed by atoms with Gasteiger partial charge in [0.25, 0.3) is 0 Å². The van der Waals surface area contributed by atoms with Crippen LogP contribution in [0.1, 0.15) is 53.9 Å². The van der Waals surface area contributed by atoms with Gasteiger partial charge in [0.1, 0.15) is 8.32 Å². The van der Waals surface area contributed by atoms with Gasteiger partial charge in [-0.1, -0.05) is 86.2 Å². The van der Waals surface area contributed by atoms with Gasteiger partial charge in [-0.15, -0.1) is 0 Å². The zero-order valence-electron chi connectivity index (χ0n) is 18.7. The molecule has 164 valence electrons. The van der Waals surface area contributed by atoms with Gasteiger partial charge < -0.3 is 4.43 Å². The third-order valence-corrected chi connectivity index (χ3v) is 7.13. The standard InChI is InChI=1S/C26H31OSi.2ClH.Zr/c1-26(18-9-19-27-28(2,3)4,24-16-14-20-10-5-7-12-22(20)24)25-17-15-21-11-6-8-13-23(21)25;;;/h5-8,10-17,19,24-25H,9,18H2,1-4H3;2*1H;/q-1;;;+2/p-2. The Morgan fingerprint density at radius 3 is 1.81 bits per heavy atom. The molecule has 0 fully saturated rings. The Labute approximate surface area is 207 Å². The first-order valence-corrected chi connectivity index (χ1v) is 20.5. The molecule has 0 N–H and O–H groups in total. The monoisotopic (exact) mass is 547 g/mol. The van der Waals surface area contributed by atoms with Gasteiger partial charge in [-0.05, 0) is 47.3 Å². The van der Waals surface area contributed by atoms with Crippen LogP contribution in [-0.2, 0) is 25.3 Å². The van der Waals surface area contributed by atoms with Gasteiger partial charge in [0.15, 0.2) is 0 Å². The van der Waals surface area contributed by atoms with E-state index in [0.29, 0.717) is 11.8 Å². The summed E-state index contributed by atoms with van der Waals surface area (Å²) in [4.78, 5) is 0. The molecular formula is C26H31Cl2OSiZr-. The molecule has 0 saturated carbocycles. The summed E-state index contributed by atoms with van der Waals surface area (Å²) in [5.41, 5.74) is 5.78. The summed E-state index contributed by atoms with van der Waals surface area (Å²) in [6.45, 7) is 11.3. The fourth-order valence-electron chi connectivity index (χ4n) is 4.83. The van der Waals surface area contributed by atoms with Crippen LogP contribution in [0.5, 0.6) is 0 Å². The molecule has 2 atom stereocenters. The van der Waals surface area contributed by atoms with Crippen LogP contribution in [-0.4, -0.2) is 8.32 Å². The second-order valence-corrected chi connectivity index (χ2v) is 17.6. The van der Waals surface area contributed by atoms with E-state index in [-0.39, 0.29) is 5.41 Å². The minimum atomic E-state index is -1.52. The predicted octanol–water partition coefficient (Wildman–Crippen LogP) is 8.78. The molecule has 2 aromatic rings. The molecule has 4 rings (SSSR count). The second kappa shape index (κ2) is 11.1. The van der Waals surface area contributed by atoms with E-state index in [1.54, 1.807) is 0 Å². The first kappa shape index (κ1) is 25.2. The molecular weight excluding hydrogens is 519 g/mol. The van der Waals surface area contributed by atoms with Crippen molar-refractivity contribution in [2.24, 2.45) is 5.41 Å². The summed E-state index contributed by atoms with van der Waals surface area (Å²) in [6.07, 6.45) is 11.6. The summed E-state index contributed by atoms with van der Waals surface area (Å²) in [7, 11) is 8.35. The van der Waals surface area contributed by atoms with Gasteiger partial charge >= 0.3 is 37.9 Å². The molecule has 2 aromatic carbocycles. The molecule has 0 spiro atoms. The fourth-order valence-corrected chi connectivity index (χ4v) is 5.45. The SMILES string of the molecule is CC(CC[CH-]O[Si](C)(C)C)(C1C=Cc2ccccc21)C1C=Cc2ccccc21.[Cl][Zr][Cl]. The van der Waals surface area contributed by atoms with Gasteiger partial charge in [-0.25, -0.2) is 6.61 Å². The normalized spacial score (nSPS) is 20.5. The second-order valence-electron chi connectivity index (χ2n) is 9.44. The first-order chi connectivity index (χ1) is 14.8. The Kier molecular flexibility index (Phi) is 9.04. The third kappa shape index (κ3) is 6.12. The molecule has 2 aliphatic carbocycles. The Morgan fingerprint density at radius 1 is 0.903 bits per heavy atom. The van der Waals surface area contributed by atoms with Gasteiger partial charge in [-0.2, -0.15) is 6.42 Å². The van der Waals surface area contributed by atoms with Crippen LogP contribution >= 0.6 is 17.0 Å². The Hall–Kier alpha value is -0.440. The van der Waals surface area contributed by atoms with E-state index in [9.17, 15) is 0 Å². The molecule has 31 heavy (non-hydrogen) atoms. The zero-order valence-corrected chi connectivity index (χ0v) is 23.7. The molecule has 5 heteroatoms. The minimum absolute atomic E-state index is 0.103. The number of hydrogen-bond acceptors (Lipinski definition) is 1. The van der Waals surface area contributed by atoms with Crippen molar-refractivity contribution < 1.29 is 25.3 Å². The van der Waals surface area contributed by atoms with E-state index >= 15 is 0 Å². The zero-order chi connectivity index (χ0) is 22.5. The van der Waals surface area contributed by atoms with Gasteiger partial charge in [-0.3, -0.25) is 0 Å². The van der Waals surface area contributed by atoms with Crippen LogP contribution in [0.2, 0.25) is 19.6 Å². The summed E-state index contributed by atoms with van der Waals surface area (Å²) < 4.78 is 6.07. The van der Waals surface area contributed by atoms with Crippen LogP contribution in [0.4, 0.5) is 0 Å². The van der Waals surface area contributed by atoms with E-state index in [4.69, 9.17) is 21.5 Å². The van der Waals surface area contributed by atoms with Crippen molar-refractivity contribution in [3.05, 3.63) is 89.5 Å². The van der Waals surface area contributed by atoms with Crippen molar-refractivity contribution in [2.45, 2.75) is 51.2 Å². The molecule has 1 nitrogen and oxygen atoms in total. The van der Waals surface area contributed by atoms with Crippen LogP contribution in [0.15, 0.2) is 60.7 Å². The van der Waals surface area contributed by atoms with Crippen LogP contribution in [0, 0.1) is 12.0 Å². The van der Waals surface area contributed by atoms with Crippen molar-refractivity contribution in [2.75, 3.05) is 0 Å². The van der Waals surface area contributed by atoms with E-state index < -0.39 is 29.2 Å². The predicted molar refractivity (Wildman–Crippen MR) is 134 cm³/mol. The summed E-state index contributed by atoms with van der Waals surface area (Å²) in [5.74, 6) is 0.842. The van der Waals surface area contributed by atoms with Gasteiger partial charge in [0.05, 0.1) is 0 Å². The van der Waals surface area contributed by atoms with Crippen LogP contribution in [0.25, 0.3) is 12.2 Å². The molecule has 2 unspecified atom stereocenters. The topological polar surface area (TPSA) is 9.23 Å². The van der Waals surface area contributed by atoms with Crippen molar-refractivity contribution in [1.29, 1.82) is 0 Å². The van der Waals surface area contributed by atoms with Crippen molar-refractivity contribution in [1.82, 2.24) is 0 Å². The number of allylic oxidation sites excluding steroid dienone is 2. The molecule has 0 amide bonds. The molecule has 0 bridgehead atoms. The number of rotatable bonds is 7. The van der Waals surface area contributed by atoms with Crippen molar-refractivity contribution >= 4 is 37.5 Å². The molecule has 0 aromatic heterocycles. The average Bonchev–Trinajstić information content (AvgIpc) is 3.36. The first-order valence-electron chi connectivity index (χ1n) is 10.8. The quantitative estimate of drug-likeness (QED) is 0.191. The third-order valence-electron chi connectivity index (χ3n) is 6.26. The van der Waals surface area contributed by atoms with E-state index in [1.807, 2.05) is 0 Å². The Morgan fingerprint density at radius 2 is 1.35 bits per heavy atom. The van der Waals surface area contributed by atoms with Crippen LogP contribution in [0.3, 0.4) is 0 Å². The molecule has 2 aliphatic rings. The molecule has 0 saturated heterocycles. The number of benzene rings is 2. The molecule has 0 aliphatic heterocycles. The van der Waals surface area contributed by atoms with E-state index in [2.05, 4.69) is 106 Å².